The molecule has 0 aromatic carbocycles. The molecule has 0 saturated heterocycles. The fourth-order valence-electron chi connectivity index (χ4n) is 10.4. The molecular weight excluding hydrogens is 960 g/mol. The van der Waals surface area contributed by atoms with Gasteiger partial charge in [-0.3, -0.25) is 9.36 Å². The molecule has 0 aliphatic heterocycles. The monoisotopic (exact) mass is 1090 g/mol. The molecule has 9 heteroatoms. The highest BCUT2D eigenvalue weighted by atomic mass is 31.2. The zero-order valence-corrected chi connectivity index (χ0v) is 52.6. The highest BCUT2D eigenvalue weighted by Crippen LogP contribution is 2.38. The molecule has 76 heavy (non-hydrogen) atoms. The van der Waals surface area contributed by atoms with Crippen molar-refractivity contribution in [2.45, 2.75) is 360 Å². The molecular formula is C67H133N2O6P. The highest BCUT2D eigenvalue weighted by Gasteiger charge is 2.23. The number of unbranched alkanes of at least 4 members (excludes halogenated alkanes) is 48. The van der Waals surface area contributed by atoms with Gasteiger partial charge in [0, 0.05) is 6.42 Å². The first-order valence-electron chi connectivity index (χ1n) is 33.7. The van der Waals surface area contributed by atoms with Crippen molar-refractivity contribution in [3.63, 3.8) is 0 Å². The molecule has 0 bridgehead atoms. The minimum absolute atomic E-state index is 0.00393. The van der Waals surface area contributed by atoms with Gasteiger partial charge >= 0.3 is 0 Å². The van der Waals surface area contributed by atoms with Crippen LogP contribution in [-0.4, -0.2) is 68.5 Å². The van der Waals surface area contributed by atoms with Gasteiger partial charge in [-0.05, 0) is 32.1 Å². The summed E-state index contributed by atoms with van der Waals surface area (Å²) in [5.74, 6) is -0.201. The Morgan fingerprint density at radius 3 is 1.07 bits per heavy atom. The van der Waals surface area contributed by atoms with E-state index in [0.29, 0.717) is 17.4 Å². The van der Waals surface area contributed by atoms with Gasteiger partial charge in [-0.15, -0.1) is 0 Å². The number of likely N-dealkylation sites (N-methyl/N-ethyl adjacent to an activating group) is 1. The van der Waals surface area contributed by atoms with Crippen molar-refractivity contribution >= 4 is 13.7 Å². The van der Waals surface area contributed by atoms with Gasteiger partial charge in [-0.1, -0.05) is 334 Å². The number of nitrogens with zero attached hydrogens (tertiary/aromatic N) is 1. The number of carbonyl (C=O) groups excluding carboxylic acids is 1. The number of amides is 1. The molecule has 0 fully saturated rings. The maximum absolute atomic E-state index is 13.0. The van der Waals surface area contributed by atoms with Crippen LogP contribution in [0, 0.1) is 0 Å². The van der Waals surface area contributed by atoms with Gasteiger partial charge in [-0.25, -0.2) is 0 Å². The van der Waals surface area contributed by atoms with Crippen LogP contribution in [0.2, 0.25) is 0 Å². The fraction of sp³-hybridized carbons (Fsp3) is 0.925. The quantitative estimate of drug-likeness (QED) is 0.0272. The summed E-state index contributed by atoms with van der Waals surface area (Å²) in [6.45, 7) is 4.66. The average Bonchev–Trinajstić information content (AvgIpc) is 3.38. The molecule has 452 valence electrons. The first-order chi connectivity index (χ1) is 37.0. The first kappa shape index (κ1) is 75.0. The Morgan fingerprint density at radius 2 is 0.737 bits per heavy atom. The summed E-state index contributed by atoms with van der Waals surface area (Å²) in [5.41, 5.74) is 0. The van der Waals surface area contributed by atoms with E-state index in [0.717, 1.165) is 38.5 Å². The second-order valence-electron chi connectivity index (χ2n) is 24.5. The summed E-state index contributed by atoms with van der Waals surface area (Å²) in [5, 5.41) is 13.8. The van der Waals surface area contributed by atoms with Crippen LogP contribution < -0.4 is 10.2 Å². The SMILES string of the molecule is CCCCCCCCC/C=C/CC/C=C/C(O)C(COP(=O)([O-])OCC[N+](C)(C)C)NC(=O)CCCCCCCCCCCCCCCCCCCCCCCCCCCCCCCCCCCCCCCCCCC. The third-order valence-electron chi connectivity index (χ3n) is 15.7. The van der Waals surface area contributed by atoms with E-state index in [-0.39, 0.29) is 19.1 Å². The van der Waals surface area contributed by atoms with E-state index in [2.05, 4.69) is 31.3 Å². The van der Waals surface area contributed by atoms with E-state index in [1.54, 1.807) is 6.08 Å². The summed E-state index contributed by atoms with van der Waals surface area (Å²) >= 11 is 0. The van der Waals surface area contributed by atoms with Crippen LogP contribution in [0.5, 0.6) is 0 Å². The highest BCUT2D eigenvalue weighted by molar-refractivity contribution is 7.45. The lowest BCUT2D eigenvalue weighted by Crippen LogP contribution is -2.45. The molecule has 2 N–H and O–H groups in total. The predicted octanol–water partition coefficient (Wildman–Crippen LogP) is 20.5. The number of aliphatic hydroxyl groups is 1. The molecule has 0 rings (SSSR count). The first-order valence-corrected chi connectivity index (χ1v) is 35.2. The number of quaternary nitrogens is 1. The lowest BCUT2D eigenvalue weighted by atomic mass is 10.0. The van der Waals surface area contributed by atoms with Crippen LogP contribution in [-0.2, 0) is 18.4 Å². The number of rotatable bonds is 63. The number of carbonyl (C=O) groups is 1. The summed E-state index contributed by atoms with van der Waals surface area (Å²) in [7, 11) is 1.26. The molecule has 0 saturated carbocycles. The van der Waals surface area contributed by atoms with Gasteiger partial charge in [0.15, 0.2) is 0 Å². The summed E-state index contributed by atoms with van der Waals surface area (Å²) in [6.07, 6.45) is 76.2. The topological polar surface area (TPSA) is 108 Å². The average molecular weight is 1090 g/mol. The molecule has 1 amide bonds. The third kappa shape index (κ3) is 60.6. The van der Waals surface area contributed by atoms with E-state index in [9.17, 15) is 19.4 Å². The summed E-state index contributed by atoms with van der Waals surface area (Å²) < 4.78 is 23.3. The lowest BCUT2D eigenvalue weighted by Gasteiger charge is -2.29. The second kappa shape index (κ2) is 58.6. The zero-order valence-electron chi connectivity index (χ0n) is 51.7. The van der Waals surface area contributed by atoms with Crippen molar-refractivity contribution in [2.24, 2.45) is 0 Å². The largest absolute Gasteiger partial charge is 0.756 e. The van der Waals surface area contributed by atoms with Crippen molar-refractivity contribution in [1.29, 1.82) is 0 Å². The number of hydrogen-bond acceptors (Lipinski definition) is 6. The maximum Gasteiger partial charge on any atom is 0.268 e. The smallest absolute Gasteiger partial charge is 0.268 e. The Morgan fingerprint density at radius 1 is 0.447 bits per heavy atom. The van der Waals surface area contributed by atoms with Gasteiger partial charge in [-0.2, -0.15) is 0 Å². The Bertz CT molecular complexity index is 1290. The molecule has 8 nitrogen and oxygen atoms in total. The number of nitrogens with one attached hydrogen (secondary N) is 1. The van der Waals surface area contributed by atoms with Gasteiger partial charge in [0.2, 0.25) is 5.91 Å². The molecule has 3 atom stereocenters. The molecule has 0 aromatic heterocycles. The Balaban J connectivity index is 3.80. The molecule has 0 aliphatic carbocycles. The Hall–Kier alpha value is -1.02. The van der Waals surface area contributed by atoms with Crippen LogP contribution in [0.4, 0.5) is 0 Å². The van der Waals surface area contributed by atoms with Crippen LogP contribution in [0.1, 0.15) is 348 Å². The number of phosphoric acid groups is 1. The fourth-order valence-corrected chi connectivity index (χ4v) is 11.1. The van der Waals surface area contributed by atoms with Crippen LogP contribution in [0.15, 0.2) is 24.3 Å². The van der Waals surface area contributed by atoms with Crippen molar-refractivity contribution in [2.75, 3.05) is 40.9 Å². The van der Waals surface area contributed by atoms with Crippen LogP contribution >= 0.6 is 7.82 Å². The minimum Gasteiger partial charge on any atom is -0.756 e. The van der Waals surface area contributed by atoms with Crippen molar-refractivity contribution in [1.82, 2.24) is 5.32 Å². The van der Waals surface area contributed by atoms with Gasteiger partial charge < -0.3 is 28.8 Å². The normalized spacial score (nSPS) is 13.8. The summed E-state index contributed by atoms with van der Waals surface area (Å²) in [6, 6.07) is -0.900. The van der Waals surface area contributed by atoms with E-state index in [1.807, 2.05) is 27.2 Å². The van der Waals surface area contributed by atoms with E-state index in [4.69, 9.17) is 9.05 Å². The summed E-state index contributed by atoms with van der Waals surface area (Å²) in [4.78, 5) is 25.5. The van der Waals surface area contributed by atoms with Gasteiger partial charge in [0.25, 0.3) is 7.82 Å². The van der Waals surface area contributed by atoms with Crippen molar-refractivity contribution in [3.8, 4) is 0 Å². The van der Waals surface area contributed by atoms with Crippen LogP contribution in [0.3, 0.4) is 0 Å². The maximum atomic E-state index is 13.0. The lowest BCUT2D eigenvalue weighted by molar-refractivity contribution is -0.870. The van der Waals surface area contributed by atoms with Gasteiger partial charge in [0.05, 0.1) is 39.9 Å². The molecule has 0 spiro atoms. The number of aliphatic hydroxyl groups excluding tert-OH is 1. The number of phosphoric ester groups is 1. The molecule has 0 aromatic rings. The van der Waals surface area contributed by atoms with Gasteiger partial charge in [0.1, 0.15) is 13.2 Å². The molecule has 0 heterocycles. The van der Waals surface area contributed by atoms with Crippen LogP contribution in [0.25, 0.3) is 0 Å². The molecule has 0 aliphatic rings. The number of allylic oxidation sites excluding steroid dienone is 3. The zero-order chi connectivity index (χ0) is 55.6. The third-order valence-corrected chi connectivity index (χ3v) is 16.6. The van der Waals surface area contributed by atoms with Crippen molar-refractivity contribution < 1.29 is 32.9 Å². The standard InChI is InChI=1S/C67H133N2O6P/c1-6-8-10-12-14-16-18-20-21-22-23-24-25-26-27-28-29-30-31-32-33-34-35-36-37-38-39-40-41-42-43-44-45-46-47-49-51-53-55-57-59-61-67(71)68-65(64-75-76(72,73)74-63-62-69(3,4)5)66(70)60-58-56-54-52-50-48-19-17-15-13-11-9-7-2/h50,52,58,60,65-66,70H,6-49,51,53-57,59,61-64H2,1-5H3,(H-,68,71,72,73)/b52-50+,60-58+. The van der Waals surface area contributed by atoms with E-state index >= 15 is 0 Å². The van der Waals surface area contributed by atoms with Crippen molar-refractivity contribution in [3.05, 3.63) is 24.3 Å². The second-order valence-corrected chi connectivity index (χ2v) is 25.9. The molecule has 3 unspecified atom stereocenters. The van der Waals surface area contributed by atoms with E-state index in [1.165, 1.54) is 289 Å². The molecule has 0 radical (unpaired) electrons. The Labute approximate surface area is 474 Å². The van der Waals surface area contributed by atoms with E-state index < -0.39 is 20.0 Å². The Kier molecular flexibility index (Phi) is 57.8. The predicted molar refractivity (Wildman–Crippen MR) is 330 cm³/mol. The minimum atomic E-state index is -4.60. The number of hydrogen-bond donors (Lipinski definition) is 2.